The molecule has 1 saturated carbocycles. The molecule has 6 nitrogen and oxygen atoms in total. The number of rotatable bonds is 9. The Kier molecular flexibility index (Phi) is 8.64. The maximum Gasteiger partial charge on any atom is 0.243 e. The van der Waals surface area contributed by atoms with Gasteiger partial charge in [0.05, 0.1) is 22.0 Å². The molecule has 0 heterocycles. The molecule has 1 aromatic rings. The van der Waals surface area contributed by atoms with Crippen molar-refractivity contribution in [1.82, 2.24) is 4.31 Å². The average molecular weight is 428 g/mol. The van der Waals surface area contributed by atoms with Crippen molar-refractivity contribution in [2.45, 2.75) is 56.1 Å². The molecule has 0 aliphatic heterocycles. The van der Waals surface area contributed by atoms with E-state index in [0.717, 1.165) is 5.69 Å². The van der Waals surface area contributed by atoms with Crippen LogP contribution in [0, 0.1) is 0 Å². The maximum absolute atomic E-state index is 12.8. The van der Waals surface area contributed by atoms with Crippen molar-refractivity contribution in [3.8, 4) is 0 Å². The first-order chi connectivity index (χ1) is 13.3. The van der Waals surface area contributed by atoms with Crippen LogP contribution in [0.4, 0.5) is 11.4 Å². The number of carbonyl (C=O) groups is 1. The fourth-order valence-electron chi connectivity index (χ4n) is 3.49. The fourth-order valence-corrected chi connectivity index (χ4v) is 6.10. The van der Waals surface area contributed by atoms with E-state index < -0.39 is 10.0 Å². The van der Waals surface area contributed by atoms with E-state index in [1.807, 2.05) is 32.8 Å². The van der Waals surface area contributed by atoms with Crippen LogP contribution in [0.1, 0.15) is 46.0 Å². The van der Waals surface area contributed by atoms with Gasteiger partial charge in [-0.05, 0) is 31.0 Å². The standard InChI is InChI=1S/C20H33N3O3S2/c1-5-23(6-2)28(25,26)17-12-13-19(22(3)4)18(14-17)21-20(24)15-27-16-10-8-7-9-11-16/h12-14,16H,5-11,15H2,1-4H3,(H,21,24). The Morgan fingerprint density at radius 1 is 1.14 bits per heavy atom. The van der Waals surface area contributed by atoms with Crippen molar-refractivity contribution in [1.29, 1.82) is 0 Å². The van der Waals surface area contributed by atoms with E-state index >= 15 is 0 Å². The number of anilines is 2. The summed E-state index contributed by atoms with van der Waals surface area (Å²) in [6, 6.07) is 4.93. The van der Waals surface area contributed by atoms with E-state index in [1.165, 1.54) is 36.4 Å². The number of amides is 1. The number of benzene rings is 1. The van der Waals surface area contributed by atoms with Crippen LogP contribution in [0.2, 0.25) is 0 Å². The van der Waals surface area contributed by atoms with E-state index in [4.69, 9.17) is 0 Å². The molecule has 158 valence electrons. The summed E-state index contributed by atoms with van der Waals surface area (Å²) in [6.45, 7) is 4.46. The Balaban J connectivity index is 2.17. The second-order valence-corrected chi connectivity index (χ2v) is 10.5. The number of thioether (sulfide) groups is 1. The number of nitrogens with one attached hydrogen (secondary N) is 1. The molecule has 28 heavy (non-hydrogen) atoms. The third-order valence-electron chi connectivity index (χ3n) is 5.07. The van der Waals surface area contributed by atoms with Gasteiger partial charge in [-0.25, -0.2) is 8.42 Å². The van der Waals surface area contributed by atoms with Crippen molar-refractivity contribution in [3.63, 3.8) is 0 Å². The highest BCUT2D eigenvalue weighted by molar-refractivity contribution is 8.00. The SMILES string of the molecule is CCN(CC)S(=O)(=O)c1ccc(N(C)C)c(NC(=O)CSC2CCCCC2)c1. The summed E-state index contributed by atoms with van der Waals surface area (Å²) in [5.74, 6) is 0.306. The maximum atomic E-state index is 12.8. The molecule has 1 aliphatic carbocycles. The van der Waals surface area contributed by atoms with Crippen LogP contribution < -0.4 is 10.2 Å². The summed E-state index contributed by atoms with van der Waals surface area (Å²) < 4.78 is 27.1. The smallest absolute Gasteiger partial charge is 0.243 e. The minimum atomic E-state index is -3.57. The minimum Gasteiger partial charge on any atom is -0.376 e. The monoisotopic (exact) mass is 427 g/mol. The van der Waals surface area contributed by atoms with E-state index in [-0.39, 0.29) is 10.8 Å². The Bertz CT molecular complexity index is 756. The second-order valence-electron chi connectivity index (χ2n) is 7.28. The van der Waals surface area contributed by atoms with Crippen LogP contribution in [0.5, 0.6) is 0 Å². The third-order valence-corrected chi connectivity index (χ3v) is 8.49. The van der Waals surface area contributed by atoms with Crippen molar-refractivity contribution in [2.24, 2.45) is 0 Å². The van der Waals surface area contributed by atoms with Crippen molar-refractivity contribution < 1.29 is 13.2 Å². The lowest BCUT2D eigenvalue weighted by Gasteiger charge is -2.23. The van der Waals surface area contributed by atoms with Crippen LogP contribution in [-0.4, -0.2) is 56.8 Å². The summed E-state index contributed by atoms with van der Waals surface area (Å²) in [6.07, 6.45) is 6.14. The molecule has 1 aromatic carbocycles. The van der Waals surface area contributed by atoms with Crippen LogP contribution >= 0.6 is 11.8 Å². The topological polar surface area (TPSA) is 69.7 Å². The minimum absolute atomic E-state index is 0.0870. The predicted octanol–water partition coefficient (Wildman–Crippen LogP) is 3.79. The molecule has 0 bridgehead atoms. The Morgan fingerprint density at radius 2 is 1.79 bits per heavy atom. The predicted molar refractivity (Wildman–Crippen MR) is 119 cm³/mol. The number of carbonyl (C=O) groups excluding carboxylic acids is 1. The van der Waals surface area contributed by atoms with Gasteiger partial charge in [0.1, 0.15) is 0 Å². The molecule has 0 aromatic heterocycles. The van der Waals surface area contributed by atoms with Gasteiger partial charge in [0.25, 0.3) is 0 Å². The average Bonchev–Trinajstić information content (AvgIpc) is 2.67. The number of hydrogen-bond donors (Lipinski definition) is 1. The molecule has 2 rings (SSSR count). The van der Waals surface area contributed by atoms with Crippen molar-refractivity contribution >= 4 is 39.1 Å². The first-order valence-corrected chi connectivity index (χ1v) is 12.5. The molecule has 0 atom stereocenters. The molecule has 8 heteroatoms. The van der Waals surface area contributed by atoms with Gasteiger partial charge in [-0.3, -0.25) is 4.79 Å². The number of sulfonamides is 1. The quantitative estimate of drug-likeness (QED) is 0.649. The van der Waals surface area contributed by atoms with Crippen LogP contribution in [0.3, 0.4) is 0 Å². The first-order valence-electron chi connectivity index (χ1n) is 10.0. The van der Waals surface area contributed by atoms with Gasteiger partial charge in [0.2, 0.25) is 15.9 Å². The summed E-state index contributed by atoms with van der Waals surface area (Å²) in [7, 11) is 0.178. The molecule has 0 spiro atoms. The lowest BCUT2D eigenvalue weighted by atomic mass is 10.0. The normalized spacial score (nSPS) is 15.6. The highest BCUT2D eigenvalue weighted by Crippen LogP contribution is 2.31. The van der Waals surface area contributed by atoms with Gasteiger partial charge in [0, 0.05) is 32.4 Å². The first kappa shape index (κ1) is 23.0. The molecule has 0 radical (unpaired) electrons. The van der Waals surface area contributed by atoms with Crippen molar-refractivity contribution in [2.75, 3.05) is 43.2 Å². The van der Waals surface area contributed by atoms with E-state index in [1.54, 1.807) is 30.0 Å². The van der Waals surface area contributed by atoms with Gasteiger partial charge in [-0.1, -0.05) is 33.1 Å². The van der Waals surface area contributed by atoms with Gasteiger partial charge < -0.3 is 10.2 Å². The zero-order chi connectivity index (χ0) is 20.7. The molecular weight excluding hydrogens is 394 g/mol. The molecule has 1 fully saturated rings. The largest absolute Gasteiger partial charge is 0.376 e. The van der Waals surface area contributed by atoms with Crippen LogP contribution in [-0.2, 0) is 14.8 Å². The van der Waals surface area contributed by atoms with Crippen molar-refractivity contribution in [3.05, 3.63) is 18.2 Å². The summed E-state index contributed by atoms with van der Waals surface area (Å²) in [4.78, 5) is 14.6. The van der Waals surface area contributed by atoms with Gasteiger partial charge >= 0.3 is 0 Å². The van der Waals surface area contributed by atoms with Crippen LogP contribution in [0.15, 0.2) is 23.1 Å². The summed E-state index contributed by atoms with van der Waals surface area (Å²) in [5, 5.41) is 3.49. The number of hydrogen-bond acceptors (Lipinski definition) is 5. The highest BCUT2D eigenvalue weighted by atomic mass is 32.2. The molecule has 1 amide bonds. The molecule has 1 N–H and O–H groups in total. The molecular formula is C20H33N3O3S2. The molecule has 1 aliphatic rings. The van der Waals surface area contributed by atoms with E-state index in [0.29, 0.717) is 29.8 Å². The lowest BCUT2D eigenvalue weighted by molar-refractivity contribution is -0.113. The second kappa shape index (κ2) is 10.5. The molecule has 0 saturated heterocycles. The summed E-state index contributed by atoms with van der Waals surface area (Å²) >= 11 is 1.71. The van der Waals surface area contributed by atoms with Crippen LogP contribution in [0.25, 0.3) is 0 Å². The Hall–Kier alpha value is -1.25. The van der Waals surface area contributed by atoms with E-state index in [2.05, 4.69) is 5.32 Å². The Labute approximate surface area is 174 Å². The third kappa shape index (κ3) is 5.87. The van der Waals surface area contributed by atoms with Gasteiger partial charge in [-0.15, -0.1) is 11.8 Å². The fraction of sp³-hybridized carbons (Fsp3) is 0.650. The number of nitrogens with zero attached hydrogens (tertiary/aromatic N) is 2. The highest BCUT2D eigenvalue weighted by Gasteiger charge is 2.23. The van der Waals surface area contributed by atoms with Gasteiger partial charge in [-0.2, -0.15) is 4.31 Å². The summed E-state index contributed by atoms with van der Waals surface area (Å²) in [5.41, 5.74) is 1.32. The molecule has 0 unspecified atom stereocenters. The van der Waals surface area contributed by atoms with E-state index in [9.17, 15) is 13.2 Å². The van der Waals surface area contributed by atoms with Gasteiger partial charge in [0.15, 0.2) is 0 Å². The zero-order valence-electron chi connectivity index (χ0n) is 17.4. The lowest BCUT2D eigenvalue weighted by Crippen LogP contribution is -2.30. The Morgan fingerprint density at radius 3 is 2.36 bits per heavy atom. The zero-order valence-corrected chi connectivity index (χ0v) is 19.0.